The summed E-state index contributed by atoms with van der Waals surface area (Å²) in [5, 5.41) is 2.32. The second kappa shape index (κ2) is 7.51. The van der Waals surface area contributed by atoms with Gasteiger partial charge in [-0.1, -0.05) is 42.5 Å². The standard InChI is InChI=1S/C9H5Br2N.C9H6BrN/c10-7-5-6-3-1-2-4-8(6)12-9(7)11;10-9-6-5-7-3-1-2-4-8(7)11-9/h1-5H;1-6H. The van der Waals surface area contributed by atoms with Gasteiger partial charge >= 0.3 is 0 Å². The van der Waals surface area contributed by atoms with E-state index < -0.39 is 0 Å². The highest BCUT2D eigenvalue weighted by Gasteiger charge is 1.99. The molecule has 0 aliphatic heterocycles. The Hall–Kier alpha value is -1.30. The normalized spacial score (nSPS) is 10.4. The molecule has 2 heterocycles. The van der Waals surface area contributed by atoms with Crippen molar-refractivity contribution in [3.8, 4) is 0 Å². The molecule has 0 fully saturated rings. The van der Waals surface area contributed by atoms with Crippen LogP contribution < -0.4 is 0 Å². The average Bonchev–Trinajstić information content (AvgIpc) is 2.56. The summed E-state index contributed by atoms with van der Waals surface area (Å²) in [7, 11) is 0. The van der Waals surface area contributed by atoms with Crippen molar-refractivity contribution >= 4 is 69.6 Å². The van der Waals surface area contributed by atoms with Crippen LogP contribution in [0.3, 0.4) is 0 Å². The Morgan fingerprint density at radius 1 is 0.609 bits per heavy atom. The molecule has 0 saturated heterocycles. The highest BCUT2D eigenvalue weighted by Crippen LogP contribution is 2.24. The summed E-state index contributed by atoms with van der Waals surface area (Å²) in [4.78, 5) is 8.64. The number of pyridine rings is 2. The predicted molar refractivity (Wildman–Crippen MR) is 107 cm³/mol. The number of aromatic nitrogens is 2. The van der Waals surface area contributed by atoms with E-state index in [1.807, 2.05) is 60.7 Å². The fourth-order valence-electron chi connectivity index (χ4n) is 2.11. The van der Waals surface area contributed by atoms with Gasteiger partial charge in [0, 0.05) is 10.8 Å². The summed E-state index contributed by atoms with van der Waals surface area (Å²) in [6.07, 6.45) is 0. The van der Waals surface area contributed by atoms with Crippen LogP contribution in [0.5, 0.6) is 0 Å². The Morgan fingerprint density at radius 2 is 1.22 bits per heavy atom. The maximum Gasteiger partial charge on any atom is 0.120 e. The minimum absolute atomic E-state index is 0.848. The summed E-state index contributed by atoms with van der Waals surface area (Å²) < 4.78 is 2.72. The second-order valence-electron chi connectivity index (χ2n) is 4.78. The summed E-state index contributed by atoms with van der Waals surface area (Å²) in [5.41, 5.74) is 2.04. The predicted octanol–water partition coefficient (Wildman–Crippen LogP) is 6.76. The summed E-state index contributed by atoms with van der Waals surface area (Å²) >= 11 is 10.1. The Bertz CT molecular complexity index is 930. The van der Waals surface area contributed by atoms with Gasteiger partial charge in [0.2, 0.25) is 0 Å². The Morgan fingerprint density at radius 3 is 1.96 bits per heavy atom. The molecule has 2 nitrogen and oxygen atoms in total. The number of hydrogen-bond acceptors (Lipinski definition) is 2. The fourth-order valence-corrected chi connectivity index (χ4v) is 3.07. The molecule has 0 radical (unpaired) electrons. The first kappa shape index (κ1) is 16.6. The van der Waals surface area contributed by atoms with Crippen LogP contribution >= 0.6 is 47.8 Å². The van der Waals surface area contributed by atoms with E-state index in [9.17, 15) is 0 Å². The number of rotatable bonds is 0. The zero-order valence-electron chi connectivity index (χ0n) is 11.9. The molecular formula is C18H11Br3N2. The van der Waals surface area contributed by atoms with Crippen LogP contribution in [0.15, 0.2) is 80.4 Å². The highest BCUT2D eigenvalue weighted by atomic mass is 79.9. The minimum Gasteiger partial charge on any atom is -0.241 e. The molecule has 0 amide bonds. The van der Waals surface area contributed by atoms with E-state index in [4.69, 9.17) is 0 Å². The summed E-state index contributed by atoms with van der Waals surface area (Å²) in [6.45, 7) is 0. The van der Waals surface area contributed by atoms with Gasteiger partial charge in [-0.05, 0) is 72.1 Å². The third kappa shape index (κ3) is 4.16. The zero-order valence-corrected chi connectivity index (χ0v) is 16.6. The van der Waals surface area contributed by atoms with E-state index >= 15 is 0 Å². The van der Waals surface area contributed by atoms with Crippen LogP contribution in [0, 0.1) is 0 Å². The zero-order chi connectivity index (χ0) is 16.2. The van der Waals surface area contributed by atoms with E-state index in [0.29, 0.717) is 0 Å². The van der Waals surface area contributed by atoms with Gasteiger partial charge in [-0.3, -0.25) is 0 Å². The topological polar surface area (TPSA) is 25.8 Å². The minimum atomic E-state index is 0.848. The molecule has 114 valence electrons. The van der Waals surface area contributed by atoms with Crippen LogP contribution in [0.1, 0.15) is 0 Å². The number of nitrogens with zero attached hydrogens (tertiary/aromatic N) is 2. The van der Waals surface area contributed by atoms with Crippen molar-refractivity contribution in [3.05, 3.63) is 80.4 Å². The molecule has 2 aromatic carbocycles. The first-order valence-electron chi connectivity index (χ1n) is 6.85. The van der Waals surface area contributed by atoms with E-state index in [0.717, 1.165) is 30.1 Å². The summed E-state index contributed by atoms with van der Waals surface area (Å²) in [5.74, 6) is 0. The van der Waals surface area contributed by atoms with Crippen molar-refractivity contribution in [3.63, 3.8) is 0 Å². The van der Waals surface area contributed by atoms with Crippen molar-refractivity contribution in [2.75, 3.05) is 0 Å². The summed E-state index contributed by atoms with van der Waals surface area (Å²) in [6, 6.07) is 22.1. The molecular weight excluding hydrogens is 484 g/mol. The number of para-hydroxylation sites is 2. The van der Waals surface area contributed by atoms with Crippen molar-refractivity contribution in [2.45, 2.75) is 0 Å². The quantitative estimate of drug-likeness (QED) is 0.252. The van der Waals surface area contributed by atoms with E-state index in [-0.39, 0.29) is 0 Å². The second-order valence-corrected chi connectivity index (χ2v) is 7.20. The Balaban J connectivity index is 0.000000136. The Labute approximate surface area is 159 Å². The van der Waals surface area contributed by atoms with Gasteiger partial charge in [0.25, 0.3) is 0 Å². The third-order valence-electron chi connectivity index (χ3n) is 3.20. The molecule has 4 rings (SSSR count). The van der Waals surface area contributed by atoms with Gasteiger partial charge < -0.3 is 0 Å². The number of hydrogen-bond donors (Lipinski definition) is 0. The number of halogens is 3. The van der Waals surface area contributed by atoms with Crippen molar-refractivity contribution in [2.24, 2.45) is 0 Å². The molecule has 4 aromatic rings. The molecule has 5 heteroatoms. The first-order valence-corrected chi connectivity index (χ1v) is 9.23. The van der Waals surface area contributed by atoms with E-state index in [2.05, 4.69) is 63.8 Å². The molecule has 0 saturated carbocycles. The maximum absolute atomic E-state index is 4.34. The molecule has 23 heavy (non-hydrogen) atoms. The van der Waals surface area contributed by atoms with Gasteiger partial charge in [-0.15, -0.1) is 0 Å². The molecule has 0 spiro atoms. The lowest BCUT2D eigenvalue weighted by Gasteiger charge is -1.98. The highest BCUT2D eigenvalue weighted by molar-refractivity contribution is 9.13. The maximum atomic E-state index is 4.34. The lowest BCUT2D eigenvalue weighted by atomic mass is 10.2. The van der Waals surface area contributed by atoms with Crippen LogP contribution in [0.2, 0.25) is 0 Å². The SMILES string of the molecule is Brc1cc2ccccc2nc1Br.Brc1ccc2ccccc2n1. The number of fused-ring (bicyclic) bond motifs is 2. The van der Waals surface area contributed by atoms with Gasteiger partial charge in [0.05, 0.1) is 15.5 Å². The van der Waals surface area contributed by atoms with Gasteiger partial charge in [0.1, 0.15) is 9.21 Å². The van der Waals surface area contributed by atoms with Gasteiger partial charge in [0.15, 0.2) is 0 Å². The monoisotopic (exact) mass is 492 g/mol. The molecule has 0 unspecified atom stereocenters. The lowest BCUT2D eigenvalue weighted by Crippen LogP contribution is -1.80. The Kier molecular flexibility index (Phi) is 5.41. The van der Waals surface area contributed by atoms with E-state index in [1.54, 1.807) is 0 Å². The molecule has 0 aliphatic carbocycles. The molecule has 0 atom stereocenters. The molecule has 0 N–H and O–H groups in total. The van der Waals surface area contributed by atoms with Crippen molar-refractivity contribution in [1.29, 1.82) is 0 Å². The lowest BCUT2D eigenvalue weighted by molar-refractivity contribution is 1.33. The third-order valence-corrected chi connectivity index (χ3v) is 5.38. The van der Waals surface area contributed by atoms with Crippen LogP contribution in [-0.4, -0.2) is 9.97 Å². The van der Waals surface area contributed by atoms with Crippen LogP contribution in [0.4, 0.5) is 0 Å². The largest absolute Gasteiger partial charge is 0.241 e. The molecule has 2 aromatic heterocycles. The molecule has 0 bridgehead atoms. The van der Waals surface area contributed by atoms with Crippen LogP contribution in [0.25, 0.3) is 21.8 Å². The van der Waals surface area contributed by atoms with Crippen LogP contribution in [-0.2, 0) is 0 Å². The van der Waals surface area contributed by atoms with Crippen molar-refractivity contribution in [1.82, 2.24) is 9.97 Å². The van der Waals surface area contributed by atoms with Gasteiger partial charge in [-0.2, -0.15) is 0 Å². The number of benzene rings is 2. The molecule has 0 aliphatic rings. The van der Waals surface area contributed by atoms with Crippen molar-refractivity contribution < 1.29 is 0 Å². The smallest absolute Gasteiger partial charge is 0.120 e. The van der Waals surface area contributed by atoms with Gasteiger partial charge in [-0.25, -0.2) is 9.97 Å². The fraction of sp³-hybridized carbons (Fsp3) is 0. The average molecular weight is 495 g/mol. The first-order chi connectivity index (χ1) is 11.1. The van der Waals surface area contributed by atoms with E-state index in [1.165, 1.54) is 5.39 Å².